The van der Waals surface area contributed by atoms with Crippen molar-refractivity contribution in [2.75, 3.05) is 0 Å². The van der Waals surface area contributed by atoms with Crippen molar-refractivity contribution in [3.05, 3.63) is 34.6 Å². The SMILES string of the molecule is NC1=NC(=O)N(C2CC2)C1c1cc(F)cc(Cl)c1. The summed E-state index contributed by atoms with van der Waals surface area (Å²) in [4.78, 5) is 17.1. The monoisotopic (exact) mass is 267 g/mol. The van der Waals surface area contributed by atoms with Crippen LogP contribution in [0.4, 0.5) is 9.18 Å². The standard InChI is InChI=1S/C12H11ClFN3O/c13-7-3-6(4-8(14)5-7)10-11(15)16-12(18)17(10)9-1-2-9/h3-5,9-10H,1-2H2,(H2,15,16,18). The van der Waals surface area contributed by atoms with Gasteiger partial charge in [0.15, 0.2) is 0 Å². The predicted octanol–water partition coefficient (Wildman–Crippen LogP) is 2.48. The molecule has 6 heteroatoms. The van der Waals surface area contributed by atoms with Crippen molar-refractivity contribution in [2.45, 2.75) is 24.9 Å². The molecule has 1 aliphatic heterocycles. The largest absolute Gasteiger partial charge is 0.385 e. The molecule has 2 amide bonds. The summed E-state index contributed by atoms with van der Waals surface area (Å²) in [5, 5.41) is 0.285. The minimum Gasteiger partial charge on any atom is -0.385 e. The number of hydrogen-bond acceptors (Lipinski definition) is 2. The van der Waals surface area contributed by atoms with Crippen molar-refractivity contribution >= 4 is 23.5 Å². The molecular weight excluding hydrogens is 257 g/mol. The van der Waals surface area contributed by atoms with E-state index in [9.17, 15) is 9.18 Å². The summed E-state index contributed by atoms with van der Waals surface area (Å²) in [6, 6.07) is 3.50. The molecule has 1 aliphatic carbocycles. The van der Waals surface area contributed by atoms with Crippen molar-refractivity contribution in [1.82, 2.24) is 4.90 Å². The third-order valence-electron chi connectivity index (χ3n) is 3.14. The van der Waals surface area contributed by atoms with Crippen LogP contribution in [0.2, 0.25) is 5.02 Å². The van der Waals surface area contributed by atoms with Gasteiger partial charge in [-0.1, -0.05) is 11.6 Å². The van der Waals surface area contributed by atoms with E-state index in [1.165, 1.54) is 12.1 Å². The van der Waals surface area contributed by atoms with Gasteiger partial charge in [0, 0.05) is 11.1 Å². The molecule has 0 radical (unpaired) electrons. The Kier molecular flexibility index (Phi) is 2.52. The first-order valence-electron chi connectivity index (χ1n) is 5.68. The number of carbonyl (C=O) groups excluding carboxylic acids is 1. The molecule has 1 aromatic carbocycles. The summed E-state index contributed by atoms with van der Waals surface area (Å²) >= 11 is 5.83. The third-order valence-corrected chi connectivity index (χ3v) is 3.36. The van der Waals surface area contributed by atoms with E-state index in [0.29, 0.717) is 5.56 Å². The first-order valence-corrected chi connectivity index (χ1v) is 6.06. The molecule has 1 saturated carbocycles. The average Bonchev–Trinajstić information content (AvgIpc) is 3.03. The molecule has 1 fully saturated rings. The zero-order valence-electron chi connectivity index (χ0n) is 9.44. The highest BCUT2D eigenvalue weighted by Gasteiger charge is 2.43. The van der Waals surface area contributed by atoms with Gasteiger partial charge in [0.2, 0.25) is 0 Å². The summed E-state index contributed by atoms with van der Waals surface area (Å²) in [6.45, 7) is 0. The molecule has 0 bridgehead atoms. The van der Waals surface area contributed by atoms with Gasteiger partial charge in [-0.05, 0) is 36.6 Å². The van der Waals surface area contributed by atoms with Crippen molar-refractivity contribution in [1.29, 1.82) is 0 Å². The van der Waals surface area contributed by atoms with Crippen LogP contribution < -0.4 is 5.73 Å². The lowest BCUT2D eigenvalue weighted by atomic mass is 10.1. The predicted molar refractivity (Wildman–Crippen MR) is 66.0 cm³/mol. The maximum atomic E-state index is 13.4. The molecule has 1 atom stereocenters. The minimum absolute atomic E-state index is 0.161. The van der Waals surface area contributed by atoms with E-state index in [4.69, 9.17) is 17.3 Å². The number of benzene rings is 1. The smallest absolute Gasteiger partial charge is 0.346 e. The first-order chi connectivity index (χ1) is 8.56. The second kappa shape index (κ2) is 3.95. The zero-order chi connectivity index (χ0) is 12.9. The molecule has 4 nitrogen and oxygen atoms in total. The van der Waals surface area contributed by atoms with Crippen LogP contribution in [-0.4, -0.2) is 22.8 Å². The Morgan fingerprint density at radius 2 is 2.11 bits per heavy atom. The van der Waals surface area contributed by atoms with Gasteiger partial charge >= 0.3 is 6.03 Å². The van der Waals surface area contributed by atoms with Gasteiger partial charge in [0.25, 0.3) is 0 Å². The van der Waals surface area contributed by atoms with E-state index < -0.39 is 11.9 Å². The van der Waals surface area contributed by atoms with Gasteiger partial charge in [0.1, 0.15) is 17.7 Å². The number of carbonyl (C=O) groups is 1. The fourth-order valence-electron chi connectivity index (χ4n) is 2.27. The van der Waals surface area contributed by atoms with Gasteiger partial charge in [-0.15, -0.1) is 0 Å². The van der Waals surface area contributed by atoms with Crippen LogP contribution in [0.15, 0.2) is 23.2 Å². The maximum Gasteiger partial charge on any atom is 0.346 e. The Bertz CT molecular complexity index is 536. The number of hydrogen-bond donors (Lipinski definition) is 1. The van der Waals surface area contributed by atoms with Crippen LogP contribution in [-0.2, 0) is 0 Å². The zero-order valence-corrected chi connectivity index (χ0v) is 10.2. The van der Waals surface area contributed by atoms with E-state index >= 15 is 0 Å². The molecule has 2 aliphatic rings. The summed E-state index contributed by atoms with van der Waals surface area (Å²) in [5.41, 5.74) is 6.35. The Hall–Kier alpha value is -1.62. The Morgan fingerprint density at radius 3 is 2.72 bits per heavy atom. The number of aliphatic imine (C=N–C) groups is 1. The Morgan fingerprint density at radius 1 is 1.39 bits per heavy atom. The van der Waals surface area contributed by atoms with E-state index in [1.54, 1.807) is 11.0 Å². The molecule has 0 aromatic heterocycles. The number of amides is 2. The van der Waals surface area contributed by atoms with Gasteiger partial charge in [0.05, 0.1) is 0 Å². The van der Waals surface area contributed by atoms with Crippen LogP contribution in [0.3, 0.4) is 0 Å². The van der Waals surface area contributed by atoms with Gasteiger partial charge in [-0.25, -0.2) is 9.18 Å². The molecule has 18 heavy (non-hydrogen) atoms. The van der Waals surface area contributed by atoms with Crippen molar-refractivity contribution in [3.8, 4) is 0 Å². The van der Waals surface area contributed by atoms with Crippen LogP contribution in [0.5, 0.6) is 0 Å². The van der Waals surface area contributed by atoms with E-state index in [1.807, 2.05) is 0 Å². The molecule has 0 spiro atoms. The summed E-state index contributed by atoms with van der Waals surface area (Å²) in [6.07, 6.45) is 1.88. The first kappa shape index (κ1) is 11.5. The van der Waals surface area contributed by atoms with Gasteiger partial charge in [-0.3, -0.25) is 0 Å². The molecule has 2 N–H and O–H groups in total. The average molecular weight is 268 g/mol. The van der Waals surface area contributed by atoms with Crippen molar-refractivity contribution < 1.29 is 9.18 Å². The van der Waals surface area contributed by atoms with Crippen LogP contribution in [0, 0.1) is 5.82 Å². The highest BCUT2D eigenvalue weighted by atomic mass is 35.5. The van der Waals surface area contributed by atoms with Gasteiger partial charge in [-0.2, -0.15) is 4.99 Å². The van der Waals surface area contributed by atoms with Gasteiger partial charge < -0.3 is 10.6 Å². The lowest BCUT2D eigenvalue weighted by molar-refractivity contribution is 0.203. The summed E-state index contributed by atoms with van der Waals surface area (Å²) in [7, 11) is 0. The van der Waals surface area contributed by atoms with Crippen molar-refractivity contribution in [3.63, 3.8) is 0 Å². The van der Waals surface area contributed by atoms with Crippen molar-refractivity contribution in [2.24, 2.45) is 10.7 Å². The Balaban J connectivity index is 2.02. The molecule has 3 rings (SSSR count). The topological polar surface area (TPSA) is 58.7 Å². The molecule has 1 heterocycles. The normalized spacial score (nSPS) is 23.4. The molecule has 94 valence electrons. The maximum absolute atomic E-state index is 13.4. The summed E-state index contributed by atoms with van der Waals surface area (Å²) in [5.74, 6) is -0.242. The lowest BCUT2D eigenvalue weighted by Crippen LogP contribution is -2.35. The van der Waals surface area contributed by atoms with Crippen LogP contribution in [0.1, 0.15) is 24.4 Å². The molecular formula is C12H11ClFN3O. The van der Waals surface area contributed by atoms with E-state index in [0.717, 1.165) is 12.8 Å². The number of nitrogens with zero attached hydrogens (tertiary/aromatic N) is 2. The highest BCUT2D eigenvalue weighted by Crippen LogP contribution is 2.38. The number of halogens is 2. The number of rotatable bonds is 2. The second-order valence-corrected chi connectivity index (χ2v) is 5.00. The highest BCUT2D eigenvalue weighted by molar-refractivity contribution is 6.30. The third kappa shape index (κ3) is 1.84. The minimum atomic E-state index is -0.488. The number of nitrogens with two attached hydrogens (primary N) is 1. The lowest BCUT2D eigenvalue weighted by Gasteiger charge is -2.24. The fraction of sp³-hybridized carbons (Fsp3) is 0.333. The fourth-order valence-corrected chi connectivity index (χ4v) is 2.50. The number of amidine groups is 1. The summed E-state index contributed by atoms with van der Waals surface area (Å²) < 4.78 is 13.4. The van der Waals surface area contributed by atoms with E-state index in [-0.39, 0.29) is 22.9 Å². The number of urea groups is 1. The molecule has 0 saturated heterocycles. The quantitative estimate of drug-likeness (QED) is 0.895. The van der Waals surface area contributed by atoms with Crippen LogP contribution >= 0.6 is 11.6 Å². The molecule has 1 unspecified atom stereocenters. The molecule has 1 aromatic rings. The van der Waals surface area contributed by atoms with Crippen LogP contribution in [0.25, 0.3) is 0 Å². The van der Waals surface area contributed by atoms with E-state index in [2.05, 4.69) is 4.99 Å². The second-order valence-electron chi connectivity index (χ2n) is 4.56. The Labute approximate surface area is 108 Å².